The second-order valence-electron chi connectivity index (χ2n) is 2.29. The smallest absolute Gasteiger partial charge is 0.189 e. The molecular weight excluding hydrogens is 142 g/mol. The van der Waals surface area contributed by atoms with Crippen LogP contribution in [-0.2, 0) is 4.89 Å². The second-order valence-corrected chi connectivity index (χ2v) is 2.29. The summed E-state index contributed by atoms with van der Waals surface area (Å²) in [7, 11) is 1.48. The van der Waals surface area contributed by atoms with Crippen molar-refractivity contribution in [3.63, 3.8) is 0 Å². The Balaban J connectivity index is 3.00. The van der Waals surface area contributed by atoms with E-state index in [0.29, 0.717) is 5.75 Å². The molecule has 0 saturated heterocycles. The lowest BCUT2D eigenvalue weighted by Crippen LogP contribution is -1.96. The summed E-state index contributed by atoms with van der Waals surface area (Å²) < 4.78 is 0. The van der Waals surface area contributed by atoms with E-state index in [0.717, 1.165) is 11.3 Å². The predicted octanol–water partition coefficient (Wildman–Crippen LogP) is 1.64. The molecule has 0 N–H and O–H groups in total. The largest absolute Gasteiger partial charge is 0.336 e. The highest BCUT2D eigenvalue weighted by molar-refractivity contribution is 5.34. The SMILES string of the molecule is COOc1c(C)ccnc1C. The molecule has 11 heavy (non-hydrogen) atoms. The molecule has 0 fully saturated rings. The number of aryl methyl sites for hydroxylation is 2. The molecule has 0 aliphatic heterocycles. The minimum Gasteiger partial charge on any atom is -0.336 e. The molecule has 0 radical (unpaired) electrons. The van der Waals surface area contributed by atoms with Crippen LogP contribution in [0.3, 0.4) is 0 Å². The Bertz CT molecular complexity index is 228. The Kier molecular flexibility index (Phi) is 2.44. The molecule has 3 heteroatoms. The van der Waals surface area contributed by atoms with E-state index < -0.39 is 0 Å². The summed E-state index contributed by atoms with van der Waals surface area (Å²) >= 11 is 0. The monoisotopic (exact) mass is 153 g/mol. The Labute approximate surface area is 65.9 Å². The van der Waals surface area contributed by atoms with Gasteiger partial charge in [0, 0.05) is 6.20 Å². The Morgan fingerprint density at radius 1 is 1.36 bits per heavy atom. The third-order valence-electron chi connectivity index (χ3n) is 1.45. The van der Waals surface area contributed by atoms with Crippen LogP contribution in [0.25, 0.3) is 0 Å². The van der Waals surface area contributed by atoms with E-state index >= 15 is 0 Å². The maximum atomic E-state index is 4.90. The van der Waals surface area contributed by atoms with Crippen molar-refractivity contribution in [3.8, 4) is 5.75 Å². The zero-order valence-corrected chi connectivity index (χ0v) is 6.92. The van der Waals surface area contributed by atoms with E-state index in [1.165, 1.54) is 7.11 Å². The van der Waals surface area contributed by atoms with E-state index in [4.69, 9.17) is 4.89 Å². The van der Waals surface area contributed by atoms with Gasteiger partial charge in [-0.05, 0) is 25.5 Å². The molecular formula is C8H11NO2. The number of pyridine rings is 1. The highest BCUT2D eigenvalue weighted by Gasteiger charge is 2.03. The number of aromatic nitrogens is 1. The molecule has 0 aromatic carbocycles. The van der Waals surface area contributed by atoms with Gasteiger partial charge in [-0.3, -0.25) is 4.98 Å². The number of hydrogen-bond acceptors (Lipinski definition) is 3. The molecule has 1 aromatic heterocycles. The van der Waals surface area contributed by atoms with Crippen molar-refractivity contribution in [3.05, 3.63) is 23.5 Å². The highest BCUT2D eigenvalue weighted by atomic mass is 17.2. The number of nitrogens with zero attached hydrogens (tertiary/aromatic N) is 1. The van der Waals surface area contributed by atoms with Gasteiger partial charge in [0.15, 0.2) is 5.75 Å². The molecule has 0 amide bonds. The molecule has 1 heterocycles. The molecule has 0 unspecified atom stereocenters. The molecule has 0 atom stereocenters. The minimum atomic E-state index is 0.704. The van der Waals surface area contributed by atoms with E-state index in [-0.39, 0.29) is 0 Å². The van der Waals surface area contributed by atoms with Crippen LogP contribution in [0.5, 0.6) is 5.75 Å². The van der Waals surface area contributed by atoms with Crippen molar-refractivity contribution >= 4 is 0 Å². The van der Waals surface area contributed by atoms with Crippen molar-refractivity contribution in [1.82, 2.24) is 4.98 Å². The highest BCUT2D eigenvalue weighted by Crippen LogP contribution is 2.19. The van der Waals surface area contributed by atoms with Gasteiger partial charge in [-0.25, -0.2) is 0 Å². The molecule has 0 aliphatic carbocycles. The summed E-state index contributed by atoms with van der Waals surface area (Å²) in [5.41, 5.74) is 1.87. The normalized spacial score (nSPS) is 9.73. The summed E-state index contributed by atoms with van der Waals surface area (Å²) in [4.78, 5) is 13.5. The fraction of sp³-hybridized carbons (Fsp3) is 0.375. The van der Waals surface area contributed by atoms with Crippen LogP contribution in [0.4, 0.5) is 0 Å². The Hall–Kier alpha value is -1.09. The van der Waals surface area contributed by atoms with Crippen molar-refractivity contribution in [2.24, 2.45) is 0 Å². The topological polar surface area (TPSA) is 31.4 Å². The van der Waals surface area contributed by atoms with Gasteiger partial charge < -0.3 is 4.89 Å². The summed E-state index contributed by atoms with van der Waals surface area (Å²) in [6.07, 6.45) is 1.74. The first-order valence-electron chi connectivity index (χ1n) is 3.38. The average Bonchev–Trinajstić information content (AvgIpc) is 1.97. The van der Waals surface area contributed by atoms with Gasteiger partial charge in [0.05, 0.1) is 12.8 Å². The first kappa shape index (κ1) is 8.01. The average molecular weight is 153 g/mol. The van der Waals surface area contributed by atoms with Gasteiger partial charge in [-0.1, -0.05) is 0 Å². The standard InChI is InChI=1S/C8H11NO2/c1-6-4-5-9-7(2)8(6)11-10-3/h4-5H,1-3H3. The molecule has 0 saturated carbocycles. The van der Waals surface area contributed by atoms with E-state index in [1.54, 1.807) is 6.20 Å². The molecule has 3 nitrogen and oxygen atoms in total. The maximum absolute atomic E-state index is 4.90. The lowest BCUT2D eigenvalue weighted by molar-refractivity contribution is -0.179. The third kappa shape index (κ3) is 1.68. The molecule has 1 rings (SSSR count). The van der Waals surface area contributed by atoms with Crippen LogP contribution < -0.4 is 4.89 Å². The second kappa shape index (κ2) is 3.34. The first-order valence-corrected chi connectivity index (χ1v) is 3.38. The van der Waals surface area contributed by atoms with Crippen molar-refractivity contribution < 1.29 is 9.78 Å². The lowest BCUT2D eigenvalue weighted by Gasteiger charge is -2.05. The molecule has 0 spiro atoms. The van der Waals surface area contributed by atoms with Crippen LogP contribution in [0, 0.1) is 13.8 Å². The fourth-order valence-corrected chi connectivity index (χ4v) is 0.890. The summed E-state index contributed by atoms with van der Waals surface area (Å²) in [6.45, 7) is 3.82. The van der Waals surface area contributed by atoms with Gasteiger partial charge in [0.1, 0.15) is 0 Å². The van der Waals surface area contributed by atoms with Crippen molar-refractivity contribution in [2.75, 3.05) is 7.11 Å². The molecule has 0 bridgehead atoms. The Morgan fingerprint density at radius 2 is 2.09 bits per heavy atom. The third-order valence-corrected chi connectivity index (χ3v) is 1.45. The van der Waals surface area contributed by atoms with Crippen LogP contribution >= 0.6 is 0 Å². The fourth-order valence-electron chi connectivity index (χ4n) is 0.890. The number of rotatable bonds is 2. The maximum Gasteiger partial charge on any atom is 0.189 e. The van der Waals surface area contributed by atoms with Gasteiger partial charge in [-0.15, -0.1) is 0 Å². The van der Waals surface area contributed by atoms with Crippen LogP contribution in [0.2, 0.25) is 0 Å². The van der Waals surface area contributed by atoms with E-state index in [1.807, 2.05) is 19.9 Å². The zero-order valence-electron chi connectivity index (χ0n) is 6.92. The summed E-state index contributed by atoms with van der Waals surface area (Å²) in [6, 6.07) is 1.88. The zero-order chi connectivity index (χ0) is 8.27. The molecule has 0 aliphatic rings. The molecule has 60 valence electrons. The lowest BCUT2D eigenvalue weighted by atomic mass is 10.2. The summed E-state index contributed by atoms with van der Waals surface area (Å²) in [5, 5.41) is 0. The predicted molar refractivity (Wildman–Crippen MR) is 41.3 cm³/mol. The minimum absolute atomic E-state index is 0.704. The van der Waals surface area contributed by atoms with Crippen LogP contribution in [0.1, 0.15) is 11.3 Å². The van der Waals surface area contributed by atoms with Crippen molar-refractivity contribution in [1.29, 1.82) is 0 Å². The van der Waals surface area contributed by atoms with E-state index in [2.05, 4.69) is 9.87 Å². The van der Waals surface area contributed by atoms with Crippen LogP contribution in [-0.4, -0.2) is 12.1 Å². The van der Waals surface area contributed by atoms with Crippen LogP contribution in [0.15, 0.2) is 12.3 Å². The van der Waals surface area contributed by atoms with Gasteiger partial charge in [-0.2, -0.15) is 4.89 Å². The molecule has 1 aromatic rings. The van der Waals surface area contributed by atoms with Gasteiger partial charge in [0.25, 0.3) is 0 Å². The van der Waals surface area contributed by atoms with Gasteiger partial charge >= 0.3 is 0 Å². The quantitative estimate of drug-likeness (QED) is 0.478. The summed E-state index contributed by atoms with van der Waals surface area (Å²) in [5.74, 6) is 0.704. The van der Waals surface area contributed by atoms with Crippen molar-refractivity contribution in [2.45, 2.75) is 13.8 Å². The van der Waals surface area contributed by atoms with E-state index in [9.17, 15) is 0 Å². The number of hydrogen-bond donors (Lipinski definition) is 0. The first-order chi connectivity index (χ1) is 5.25. The Morgan fingerprint density at radius 3 is 2.64 bits per heavy atom. The van der Waals surface area contributed by atoms with Gasteiger partial charge in [0.2, 0.25) is 0 Å².